The normalized spacial score (nSPS) is 54.9. The molecular formula is C10H14O3S. The average Bonchev–Trinajstić information content (AvgIpc) is 2.77. The van der Waals surface area contributed by atoms with Gasteiger partial charge in [0.15, 0.2) is 0 Å². The van der Waals surface area contributed by atoms with Crippen LogP contribution in [0, 0.1) is 23.7 Å². The van der Waals surface area contributed by atoms with Crippen LogP contribution in [0.4, 0.5) is 0 Å². The summed E-state index contributed by atoms with van der Waals surface area (Å²) < 4.78 is 10.5. The Bertz CT molecular complexity index is 281. The summed E-state index contributed by atoms with van der Waals surface area (Å²) in [5.74, 6) is 1.39. The number of carbonyl (C=O) groups is 1. The lowest BCUT2D eigenvalue weighted by Crippen LogP contribution is -2.40. The van der Waals surface area contributed by atoms with Crippen molar-refractivity contribution in [2.45, 2.75) is 17.8 Å². The lowest BCUT2D eigenvalue weighted by Gasteiger charge is -2.32. The van der Waals surface area contributed by atoms with E-state index < -0.39 is 0 Å². The summed E-state index contributed by atoms with van der Waals surface area (Å²) in [5, 5.41) is 0.292. The Balaban J connectivity index is 1.92. The Labute approximate surface area is 88.5 Å². The summed E-state index contributed by atoms with van der Waals surface area (Å²) in [7, 11) is 1.71. The van der Waals surface area contributed by atoms with E-state index in [0.717, 1.165) is 6.42 Å². The predicted molar refractivity (Wildman–Crippen MR) is 53.1 cm³/mol. The predicted octanol–water partition coefficient (Wildman–Crippen LogP) is 0.739. The Hall–Kier alpha value is -0.220. The van der Waals surface area contributed by atoms with E-state index in [0.29, 0.717) is 29.6 Å². The second-order valence-electron chi connectivity index (χ2n) is 4.57. The molecule has 0 amide bonds. The molecule has 1 saturated heterocycles. The van der Waals surface area contributed by atoms with Crippen LogP contribution in [0.15, 0.2) is 0 Å². The monoisotopic (exact) mass is 214 g/mol. The molecule has 2 saturated carbocycles. The van der Waals surface area contributed by atoms with Crippen LogP contribution in [0.25, 0.3) is 0 Å². The smallest absolute Gasteiger partial charge is 0.309 e. The first-order chi connectivity index (χ1) is 6.74. The van der Waals surface area contributed by atoms with Crippen molar-refractivity contribution >= 4 is 18.6 Å². The fraction of sp³-hybridized carbons (Fsp3) is 0.900. The molecule has 3 fully saturated rings. The molecular weight excluding hydrogens is 200 g/mol. The lowest BCUT2D eigenvalue weighted by atomic mass is 9.79. The van der Waals surface area contributed by atoms with Crippen LogP contribution < -0.4 is 0 Å². The number of thiol groups is 1. The number of esters is 1. The summed E-state index contributed by atoms with van der Waals surface area (Å²) in [6.07, 6.45) is 1.24. The Kier molecular flexibility index (Phi) is 1.86. The van der Waals surface area contributed by atoms with E-state index in [1.807, 2.05) is 0 Å². The molecule has 0 spiro atoms. The number of hydrogen-bond donors (Lipinski definition) is 1. The van der Waals surface area contributed by atoms with Crippen molar-refractivity contribution in [3.8, 4) is 0 Å². The molecule has 0 radical (unpaired) electrons. The average molecular weight is 214 g/mol. The van der Waals surface area contributed by atoms with Gasteiger partial charge >= 0.3 is 5.97 Å². The Morgan fingerprint density at radius 1 is 1.43 bits per heavy atom. The highest BCUT2D eigenvalue weighted by Crippen LogP contribution is 2.57. The van der Waals surface area contributed by atoms with Gasteiger partial charge in [0.25, 0.3) is 0 Å². The maximum absolute atomic E-state index is 11.5. The van der Waals surface area contributed by atoms with E-state index in [1.54, 1.807) is 7.11 Å². The van der Waals surface area contributed by atoms with Crippen molar-refractivity contribution in [2.24, 2.45) is 23.7 Å². The molecule has 1 heterocycles. The highest BCUT2D eigenvalue weighted by atomic mass is 32.1. The molecule has 6 atom stereocenters. The van der Waals surface area contributed by atoms with Gasteiger partial charge in [0.2, 0.25) is 0 Å². The molecule has 1 aliphatic heterocycles. The third-order valence-electron chi connectivity index (χ3n) is 4.18. The zero-order valence-electron chi connectivity index (χ0n) is 8.05. The van der Waals surface area contributed by atoms with Crippen molar-refractivity contribution in [3.05, 3.63) is 0 Å². The molecule has 78 valence electrons. The van der Waals surface area contributed by atoms with Gasteiger partial charge in [-0.2, -0.15) is 12.6 Å². The molecule has 0 aromatic heterocycles. The maximum Gasteiger partial charge on any atom is 0.309 e. The first kappa shape index (κ1) is 9.04. The molecule has 4 heteroatoms. The van der Waals surface area contributed by atoms with Gasteiger partial charge in [-0.3, -0.25) is 4.79 Å². The molecule has 2 bridgehead atoms. The van der Waals surface area contributed by atoms with Crippen LogP contribution in [-0.2, 0) is 14.3 Å². The van der Waals surface area contributed by atoms with Gasteiger partial charge in [-0.25, -0.2) is 0 Å². The minimum absolute atomic E-state index is 0.00946. The van der Waals surface area contributed by atoms with Crippen molar-refractivity contribution in [1.29, 1.82) is 0 Å². The van der Waals surface area contributed by atoms with Gasteiger partial charge < -0.3 is 9.47 Å². The molecule has 0 aromatic rings. The van der Waals surface area contributed by atoms with E-state index in [2.05, 4.69) is 12.6 Å². The summed E-state index contributed by atoms with van der Waals surface area (Å²) >= 11 is 4.59. The van der Waals surface area contributed by atoms with Crippen LogP contribution in [-0.4, -0.2) is 31.0 Å². The largest absolute Gasteiger partial charge is 0.465 e. The third kappa shape index (κ3) is 0.910. The quantitative estimate of drug-likeness (QED) is 0.516. The summed E-state index contributed by atoms with van der Waals surface area (Å²) in [6.45, 7) is 0.609. The fourth-order valence-electron chi connectivity index (χ4n) is 3.61. The van der Waals surface area contributed by atoms with E-state index in [4.69, 9.17) is 9.47 Å². The van der Waals surface area contributed by atoms with E-state index in [1.165, 1.54) is 0 Å². The Morgan fingerprint density at radius 3 is 2.93 bits per heavy atom. The van der Waals surface area contributed by atoms with Crippen LogP contribution in [0.1, 0.15) is 6.42 Å². The van der Waals surface area contributed by atoms with Crippen LogP contribution >= 0.6 is 12.6 Å². The highest BCUT2D eigenvalue weighted by molar-refractivity contribution is 7.81. The SMILES string of the molecule is COC1C(S)C2CC1C1C(=O)OCC21. The Morgan fingerprint density at radius 2 is 2.21 bits per heavy atom. The minimum Gasteiger partial charge on any atom is -0.465 e. The molecule has 6 unspecified atom stereocenters. The number of ether oxygens (including phenoxy) is 2. The van der Waals surface area contributed by atoms with Crippen LogP contribution in [0.3, 0.4) is 0 Å². The van der Waals surface area contributed by atoms with E-state index in [-0.39, 0.29) is 18.0 Å². The summed E-state index contributed by atoms with van der Waals surface area (Å²) in [5.41, 5.74) is 0. The molecule has 3 aliphatic rings. The van der Waals surface area contributed by atoms with Crippen LogP contribution in [0.5, 0.6) is 0 Å². The number of cyclic esters (lactones) is 1. The van der Waals surface area contributed by atoms with Gasteiger partial charge in [0, 0.05) is 24.2 Å². The number of fused-ring (bicyclic) bond motifs is 5. The van der Waals surface area contributed by atoms with E-state index >= 15 is 0 Å². The topological polar surface area (TPSA) is 35.5 Å². The molecule has 0 N–H and O–H groups in total. The third-order valence-corrected chi connectivity index (χ3v) is 4.85. The van der Waals surface area contributed by atoms with Crippen molar-refractivity contribution < 1.29 is 14.3 Å². The first-order valence-corrected chi connectivity index (χ1v) is 5.63. The summed E-state index contributed by atoms with van der Waals surface area (Å²) in [6, 6.07) is 0. The molecule has 2 aliphatic carbocycles. The van der Waals surface area contributed by atoms with Gasteiger partial charge in [-0.1, -0.05) is 0 Å². The van der Waals surface area contributed by atoms with Crippen molar-refractivity contribution in [1.82, 2.24) is 0 Å². The molecule has 0 aromatic carbocycles. The van der Waals surface area contributed by atoms with Gasteiger partial charge in [-0.05, 0) is 12.3 Å². The number of hydrogen-bond acceptors (Lipinski definition) is 4. The first-order valence-electron chi connectivity index (χ1n) is 5.11. The molecule has 3 nitrogen and oxygen atoms in total. The summed E-state index contributed by atoms with van der Waals surface area (Å²) in [4.78, 5) is 11.5. The maximum atomic E-state index is 11.5. The minimum atomic E-state index is -0.00946. The molecule has 3 rings (SSSR count). The fourth-order valence-corrected chi connectivity index (χ4v) is 4.30. The van der Waals surface area contributed by atoms with Gasteiger partial charge in [-0.15, -0.1) is 0 Å². The number of carbonyl (C=O) groups excluding carboxylic acids is 1. The zero-order chi connectivity index (χ0) is 9.87. The second kappa shape index (κ2) is 2.89. The van der Waals surface area contributed by atoms with Gasteiger partial charge in [0.05, 0.1) is 18.6 Å². The second-order valence-corrected chi connectivity index (χ2v) is 5.17. The standard InChI is InChI=1S/C10H14O3S/c1-12-8-5-2-4(9(8)14)6-3-13-10(11)7(5)6/h4-9,14H,2-3H2,1H3. The highest BCUT2D eigenvalue weighted by Gasteiger charge is 2.62. The van der Waals surface area contributed by atoms with E-state index in [9.17, 15) is 4.79 Å². The molecule has 14 heavy (non-hydrogen) atoms. The zero-order valence-corrected chi connectivity index (χ0v) is 8.94. The number of rotatable bonds is 1. The lowest BCUT2D eigenvalue weighted by molar-refractivity contribution is -0.143. The van der Waals surface area contributed by atoms with Crippen LogP contribution in [0.2, 0.25) is 0 Å². The van der Waals surface area contributed by atoms with Crippen molar-refractivity contribution in [3.63, 3.8) is 0 Å². The van der Waals surface area contributed by atoms with Crippen molar-refractivity contribution in [2.75, 3.05) is 13.7 Å². The van der Waals surface area contributed by atoms with Gasteiger partial charge in [0.1, 0.15) is 0 Å². The number of methoxy groups -OCH3 is 1.